The summed E-state index contributed by atoms with van der Waals surface area (Å²) in [6.45, 7) is 0. The lowest BCUT2D eigenvalue weighted by molar-refractivity contribution is 0.671. The molecule has 0 radical (unpaired) electrons. The molecule has 10 aromatic rings. The van der Waals surface area contributed by atoms with E-state index < -0.39 is 280 Å². The highest BCUT2D eigenvalue weighted by molar-refractivity contribution is 6.24. The summed E-state index contributed by atoms with van der Waals surface area (Å²) >= 11 is 0. The van der Waals surface area contributed by atoms with Gasteiger partial charge in [-0.2, -0.15) is 0 Å². The van der Waals surface area contributed by atoms with E-state index in [1.165, 1.54) is 0 Å². The molecular weight excluding hydrogens is 593 g/mol. The van der Waals surface area contributed by atoms with Gasteiger partial charge in [0.15, 0.2) is 0 Å². The Kier molecular flexibility index (Phi) is 2.50. The largest absolute Gasteiger partial charge is 0.455 e. The van der Waals surface area contributed by atoms with Crippen molar-refractivity contribution in [2.24, 2.45) is 0 Å². The third-order valence-electron chi connectivity index (χ3n) is 7.92. The van der Waals surface area contributed by atoms with Crippen molar-refractivity contribution in [3.05, 3.63) is 181 Å². The first-order valence-corrected chi connectivity index (χ1v) is 14.4. The van der Waals surface area contributed by atoms with Crippen molar-refractivity contribution in [1.82, 2.24) is 0 Å². The maximum Gasteiger partial charge on any atom is 0.143 e. The van der Waals surface area contributed by atoms with Gasteiger partial charge in [-0.1, -0.05) is 175 Å². The molecule has 1 aromatic heterocycles. The molecule has 0 spiro atoms. The number of furan rings is 1. The molecule has 0 aliphatic carbocycles. The molecule has 0 aliphatic rings. The number of rotatable bonds is 4. The summed E-state index contributed by atoms with van der Waals surface area (Å²) < 4.78 is 277. The van der Waals surface area contributed by atoms with Crippen LogP contribution in [0.4, 0.5) is 0 Å². The fraction of sp³-hybridized carbons (Fsp3) is 0. The van der Waals surface area contributed by atoms with Gasteiger partial charge < -0.3 is 4.42 Å². The molecule has 49 heavy (non-hydrogen) atoms. The molecule has 1 nitrogen and oxygen atoms in total. The predicted octanol–water partition coefficient (Wildman–Crippen LogP) is 13.7. The van der Waals surface area contributed by atoms with E-state index in [2.05, 4.69) is 0 Å². The van der Waals surface area contributed by atoms with Crippen LogP contribution in [-0.4, -0.2) is 0 Å². The minimum absolute atomic E-state index is 0.587. The quantitative estimate of drug-likeness (QED) is 0.172. The topological polar surface area (TPSA) is 13.1 Å². The zero-order valence-corrected chi connectivity index (χ0v) is 24.4. The summed E-state index contributed by atoms with van der Waals surface area (Å²) in [6.07, 6.45) is 0. The molecule has 0 bridgehead atoms. The first kappa shape index (κ1) is 11.1. The smallest absolute Gasteiger partial charge is 0.143 e. The molecule has 0 saturated carbocycles. The molecule has 0 amide bonds. The SMILES string of the molecule is [2H]c1c([2H])c([2H])c(-c2c([2H])c([2H])c([2H])c3c2oc2c(-c4c5c([2H])c([2H])c([2H])c([2H])c5c(-c5c([2H])c([2H])c([2H])c(-c6c([2H])c([2H])c([2H])c7c([2H])c([2H])c([2H])c([2H])c67)c5[2H])c5c([2H])c([2H])c([2H])c([2H])c45)c([2H])c([2H])c([2H])c23)c([2H])c1[2H]. The van der Waals surface area contributed by atoms with Crippen LogP contribution in [0, 0.1) is 0 Å². The molecule has 1 heteroatoms. The maximum atomic E-state index is 9.90. The molecule has 9 aromatic carbocycles. The molecule has 0 aliphatic heterocycles. The first-order valence-electron chi connectivity index (χ1n) is 29.4. The summed E-state index contributed by atoms with van der Waals surface area (Å²) in [7, 11) is 0. The predicted molar refractivity (Wildman–Crippen MR) is 208 cm³/mol. The second-order valence-electron chi connectivity index (χ2n) is 10.5. The third-order valence-corrected chi connectivity index (χ3v) is 7.92. The minimum atomic E-state index is -1.12. The fourth-order valence-electron chi connectivity index (χ4n) is 5.89. The Morgan fingerprint density at radius 2 is 0.755 bits per heavy atom. The number of fused-ring (bicyclic) bond motifs is 6. The van der Waals surface area contributed by atoms with Gasteiger partial charge in [0.1, 0.15) is 11.2 Å². The van der Waals surface area contributed by atoms with Gasteiger partial charge in [0, 0.05) is 27.5 Å². The minimum Gasteiger partial charge on any atom is -0.455 e. The molecule has 0 atom stereocenters. The lowest BCUT2D eigenvalue weighted by Gasteiger charge is -2.18. The van der Waals surface area contributed by atoms with Gasteiger partial charge >= 0.3 is 0 Å². The van der Waals surface area contributed by atoms with Crippen molar-refractivity contribution in [3.63, 3.8) is 0 Å². The Labute approximate surface area is 326 Å². The van der Waals surface area contributed by atoms with Crippen molar-refractivity contribution in [2.45, 2.75) is 0 Å². The summed E-state index contributed by atoms with van der Waals surface area (Å²) in [5.74, 6) is 0. The molecule has 0 N–H and O–H groups in total. The Morgan fingerprint density at radius 3 is 1.47 bits per heavy atom. The highest BCUT2D eigenvalue weighted by Gasteiger charge is 2.21. The van der Waals surface area contributed by atoms with Gasteiger partial charge in [0.05, 0.1) is 41.1 Å². The highest BCUT2D eigenvalue weighted by Crippen LogP contribution is 2.47. The van der Waals surface area contributed by atoms with E-state index in [0.717, 1.165) is 0 Å². The zero-order chi connectivity index (χ0) is 58.4. The molecule has 0 unspecified atom stereocenters. The van der Waals surface area contributed by atoms with Gasteiger partial charge in [0.2, 0.25) is 0 Å². The molecular formula is C48H30O. The van der Waals surface area contributed by atoms with Crippen LogP contribution in [0.25, 0.3) is 98.8 Å². The summed E-state index contributed by atoms with van der Waals surface area (Å²) in [5, 5.41) is -5.77. The zero-order valence-electron chi connectivity index (χ0n) is 54.4. The number of hydrogen-bond acceptors (Lipinski definition) is 1. The van der Waals surface area contributed by atoms with E-state index in [1.54, 1.807) is 0 Å². The number of hydrogen-bond donors (Lipinski definition) is 0. The Hall–Kier alpha value is -6.44. The monoisotopic (exact) mass is 652 g/mol. The van der Waals surface area contributed by atoms with E-state index in [1.807, 2.05) is 0 Å². The van der Waals surface area contributed by atoms with Crippen molar-refractivity contribution in [3.8, 4) is 44.5 Å². The van der Waals surface area contributed by atoms with Gasteiger partial charge in [0.25, 0.3) is 0 Å². The van der Waals surface area contributed by atoms with Crippen molar-refractivity contribution >= 4 is 54.3 Å². The van der Waals surface area contributed by atoms with E-state index in [0.29, 0.717) is 0 Å². The standard InChI is InChI=1S/C48H30O/c1-2-14-32(15-3-1)37-26-12-27-42-43-28-13-29-44(48(43)49-47(37)42)46-40-23-8-6-21-38(40)45(39-22-7-9-24-41(39)46)34-19-10-18-33(30-34)36-25-11-17-31-16-4-5-20-35(31)36/h1-30H/i1D,2D,3D,4D,5D,6D,7D,8D,9D,10D,11D,12D,13D,14D,15D,16D,17D,18D,19D,20D,21D,22D,23D,24D,25D,26D,27D,28D,29D,30D. The van der Waals surface area contributed by atoms with E-state index in [-0.39, 0.29) is 0 Å². The van der Waals surface area contributed by atoms with Crippen LogP contribution in [0.2, 0.25) is 0 Å². The van der Waals surface area contributed by atoms with E-state index in [9.17, 15) is 15.1 Å². The van der Waals surface area contributed by atoms with Crippen LogP contribution in [0.1, 0.15) is 41.1 Å². The lowest BCUT2D eigenvalue weighted by atomic mass is 9.85. The second kappa shape index (κ2) is 11.1. The fourth-order valence-corrected chi connectivity index (χ4v) is 5.89. The molecule has 1 heterocycles. The molecule has 0 fully saturated rings. The third kappa shape index (κ3) is 4.33. The van der Waals surface area contributed by atoms with Gasteiger partial charge in [-0.05, 0) is 66.2 Å². The van der Waals surface area contributed by atoms with Crippen LogP contribution in [0.5, 0.6) is 0 Å². The van der Waals surface area contributed by atoms with Crippen LogP contribution in [-0.2, 0) is 0 Å². The molecule has 0 saturated heterocycles. The van der Waals surface area contributed by atoms with Crippen LogP contribution >= 0.6 is 0 Å². The second-order valence-corrected chi connectivity index (χ2v) is 10.5. The van der Waals surface area contributed by atoms with Gasteiger partial charge in [-0.25, -0.2) is 0 Å². The lowest BCUT2D eigenvalue weighted by Crippen LogP contribution is -1.91. The first-order chi connectivity index (χ1) is 36.8. The average molecular weight is 653 g/mol. The van der Waals surface area contributed by atoms with Gasteiger partial charge in [-0.15, -0.1) is 0 Å². The van der Waals surface area contributed by atoms with Crippen LogP contribution in [0.15, 0.2) is 186 Å². The Morgan fingerprint density at radius 1 is 0.306 bits per heavy atom. The van der Waals surface area contributed by atoms with Crippen molar-refractivity contribution in [1.29, 1.82) is 0 Å². The maximum absolute atomic E-state index is 9.90. The van der Waals surface area contributed by atoms with Crippen molar-refractivity contribution in [2.75, 3.05) is 0 Å². The Bertz CT molecular complexity index is 4480. The summed E-state index contributed by atoms with van der Waals surface area (Å²) in [6, 6.07) is -29.4. The number of benzene rings is 9. The average Bonchev–Trinajstić information content (AvgIpc) is 2.96. The Balaban J connectivity index is 1.51. The summed E-state index contributed by atoms with van der Waals surface area (Å²) in [5.41, 5.74) is -7.90. The van der Waals surface area contributed by atoms with Crippen LogP contribution in [0.3, 0.4) is 0 Å². The normalized spacial score (nSPS) is 20.2. The van der Waals surface area contributed by atoms with E-state index in [4.69, 9.17) is 30.5 Å². The van der Waals surface area contributed by atoms with E-state index >= 15 is 0 Å². The summed E-state index contributed by atoms with van der Waals surface area (Å²) in [4.78, 5) is 0. The van der Waals surface area contributed by atoms with Crippen LogP contribution < -0.4 is 0 Å². The van der Waals surface area contributed by atoms with Crippen molar-refractivity contribution < 1.29 is 45.5 Å². The molecule has 228 valence electrons. The van der Waals surface area contributed by atoms with Gasteiger partial charge in [-0.3, -0.25) is 0 Å². The number of para-hydroxylation sites is 2. The molecule has 10 rings (SSSR count). The highest BCUT2D eigenvalue weighted by atomic mass is 16.3.